The van der Waals surface area contributed by atoms with Gasteiger partial charge in [0.25, 0.3) is 0 Å². The van der Waals surface area contributed by atoms with E-state index in [4.69, 9.17) is 0 Å². The standard InChI is InChI=1S/CHCl2F.CClF3/c2-1(3)4;2-1(3,4)5/h1H;. The van der Waals surface area contributed by atoms with Crippen LogP contribution in [0.2, 0.25) is 0 Å². The Labute approximate surface area is 63.7 Å². The van der Waals surface area contributed by atoms with Gasteiger partial charge in [0.1, 0.15) is 0 Å². The highest BCUT2D eigenvalue weighted by atomic mass is 35.5. The van der Waals surface area contributed by atoms with Gasteiger partial charge >= 0.3 is 5.64 Å². The van der Waals surface area contributed by atoms with Crippen LogP contribution in [0.15, 0.2) is 0 Å². The maximum absolute atomic E-state index is 10.5. The molecule has 0 amide bonds. The lowest BCUT2D eigenvalue weighted by molar-refractivity contribution is -0.0420. The van der Waals surface area contributed by atoms with Crippen LogP contribution in [0.1, 0.15) is 0 Å². The molecule has 0 rings (SSSR count). The van der Waals surface area contributed by atoms with Gasteiger partial charge in [-0.1, -0.05) is 23.2 Å². The van der Waals surface area contributed by atoms with Crippen molar-refractivity contribution in [3.63, 3.8) is 0 Å². The van der Waals surface area contributed by atoms with Gasteiger partial charge in [0.05, 0.1) is 0 Å². The predicted octanol–water partition coefficient (Wildman–Crippen LogP) is 3.46. The first-order chi connectivity index (χ1) is 3.73. The molecule has 0 bridgehead atoms. The number of hydrogen-bond donors (Lipinski definition) is 0. The molecule has 0 nitrogen and oxygen atoms in total. The van der Waals surface area contributed by atoms with Crippen LogP contribution in [0.3, 0.4) is 0 Å². The maximum Gasteiger partial charge on any atom is 0.475 e. The van der Waals surface area contributed by atoms with Crippen molar-refractivity contribution < 1.29 is 17.6 Å². The molecule has 0 atom stereocenters. The zero-order valence-electron chi connectivity index (χ0n) is 3.72. The molecule has 0 aromatic rings. The molecular weight excluding hydrogens is 206 g/mol. The number of halogens is 7. The molecule has 0 N–H and O–H groups in total. The zero-order valence-corrected chi connectivity index (χ0v) is 5.99. The first kappa shape index (κ1) is 12.3. The minimum absolute atomic E-state index is 1.72. The van der Waals surface area contributed by atoms with Gasteiger partial charge in [-0.2, -0.15) is 13.2 Å². The molecular formula is C2HCl3F4. The van der Waals surface area contributed by atoms with E-state index in [0.717, 1.165) is 0 Å². The van der Waals surface area contributed by atoms with Crippen LogP contribution in [-0.2, 0) is 0 Å². The fourth-order valence-corrected chi connectivity index (χ4v) is 0. The van der Waals surface area contributed by atoms with Crippen LogP contribution in [-0.4, -0.2) is 10.7 Å². The minimum Gasteiger partial charge on any atom is -0.212 e. The summed E-state index contributed by atoms with van der Waals surface area (Å²) >= 11 is 12.3. The molecule has 58 valence electrons. The molecule has 0 saturated heterocycles. The Bertz CT molecular complexity index is 50.6. The average Bonchev–Trinajstić information content (AvgIpc) is 1.19. The van der Waals surface area contributed by atoms with E-state index in [-0.39, 0.29) is 0 Å². The van der Waals surface area contributed by atoms with E-state index < -0.39 is 10.7 Å². The molecule has 0 unspecified atom stereocenters. The first-order valence-electron chi connectivity index (χ1n) is 1.41. The number of hydrogen-bond acceptors (Lipinski definition) is 0. The Morgan fingerprint density at radius 1 is 1.11 bits per heavy atom. The summed E-state index contributed by atoms with van der Waals surface area (Å²) in [7, 11) is 0. The molecule has 0 aliphatic heterocycles. The van der Waals surface area contributed by atoms with Crippen molar-refractivity contribution in [1.82, 2.24) is 0 Å². The fourth-order valence-electron chi connectivity index (χ4n) is 0. The van der Waals surface area contributed by atoms with Crippen molar-refractivity contribution in [1.29, 1.82) is 0 Å². The third-order valence-corrected chi connectivity index (χ3v) is 0. The van der Waals surface area contributed by atoms with Crippen LogP contribution in [0.25, 0.3) is 0 Å². The lowest BCUT2D eigenvalue weighted by atomic mass is 11.6. The van der Waals surface area contributed by atoms with Gasteiger partial charge in [-0.15, -0.1) is 0 Å². The molecule has 0 aromatic carbocycles. The van der Waals surface area contributed by atoms with Crippen molar-refractivity contribution in [2.45, 2.75) is 10.7 Å². The van der Waals surface area contributed by atoms with Gasteiger partial charge in [-0.3, -0.25) is 0 Å². The molecule has 9 heavy (non-hydrogen) atoms. The van der Waals surface area contributed by atoms with Crippen molar-refractivity contribution in [2.24, 2.45) is 0 Å². The Balaban J connectivity index is 0. The molecule has 0 heterocycles. The second-order valence-electron chi connectivity index (χ2n) is 0.676. The summed E-state index contributed by atoms with van der Waals surface area (Å²) in [6, 6.07) is 0. The average molecular weight is 207 g/mol. The summed E-state index contributed by atoms with van der Waals surface area (Å²) < 4.78 is 40.9. The number of alkyl halides is 7. The normalized spacial score (nSPS) is 10.7. The summed E-state index contributed by atoms with van der Waals surface area (Å²) in [4.78, 5) is 0. The topological polar surface area (TPSA) is 0 Å². The molecule has 0 aliphatic rings. The van der Waals surface area contributed by atoms with Gasteiger partial charge in [0, 0.05) is 0 Å². The van der Waals surface area contributed by atoms with E-state index in [1.165, 1.54) is 0 Å². The van der Waals surface area contributed by atoms with Crippen LogP contribution < -0.4 is 0 Å². The van der Waals surface area contributed by atoms with Gasteiger partial charge in [-0.25, -0.2) is 4.39 Å². The Morgan fingerprint density at radius 3 is 1.11 bits per heavy atom. The van der Waals surface area contributed by atoms with Crippen LogP contribution >= 0.6 is 34.8 Å². The molecule has 0 aliphatic carbocycles. The third-order valence-electron chi connectivity index (χ3n) is 0. The SMILES string of the molecule is FC(Cl)Cl.FC(F)(F)Cl. The first-order valence-corrected chi connectivity index (χ1v) is 2.66. The highest BCUT2D eigenvalue weighted by Crippen LogP contribution is 2.18. The summed E-state index contributed by atoms with van der Waals surface area (Å²) in [5.74, 6) is 0. The maximum atomic E-state index is 10.5. The molecule has 0 spiro atoms. The van der Waals surface area contributed by atoms with Crippen molar-refractivity contribution in [3.05, 3.63) is 0 Å². The van der Waals surface area contributed by atoms with E-state index in [0.29, 0.717) is 0 Å². The van der Waals surface area contributed by atoms with Crippen molar-refractivity contribution in [2.75, 3.05) is 0 Å². The summed E-state index contributed by atoms with van der Waals surface area (Å²) in [6.07, 6.45) is 0. The van der Waals surface area contributed by atoms with E-state index >= 15 is 0 Å². The van der Waals surface area contributed by atoms with E-state index in [2.05, 4.69) is 34.8 Å². The van der Waals surface area contributed by atoms with Crippen molar-refractivity contribution in [3.8, 4) is 0 Å². The summed E-state index contributed by atoms with van der Waals surface area (Å²) in [5.41, 5.74) is -4.53. The summed E-state index contributed by atoms with van der Waals surface area (Å²) in [6.45, 7) is 0. The van der Waals surface area contributed by atoms with Crippen LogP contribution in [0.4, 0.5) is 17.6 Å². The van der Waals surface area contributed by atoms with Crippen molar-refractivity contribution >= 4 is 34.8 Å². The molecule has 0 radical (unpaired) electrons. The monoisotopic (exact) mass is 206 g/mol. The van der Waals surface area contributed by atoms with E-state index in [9.17, 15) is 17.6 Å². The summed E-state index contributed by atoms with van der Waals surface area (Å²) in [5, 5.41) is -1.72. The lowest BCUT2D eigenvalue weighted by Gasteiger charge is -1.84. The number of rotatable bonds is 0. The van der Waals surface area contributed by atoms with Crippen LogP contribution in [0.5, 0.6) is 0 Å². The predicted molar refractivity (Wildman–Crippen MR) is 28.5 cm³/mol. The smallest absolute Gasteiger partial charge is 0.212 e. The van der Waals surface area contributed by atoms with Crippen LogP contribution in [0, 0.1) is 0 Å². The zero-order chi connectivity index (χ0) is 8.08. The van der Waals surface area contributed by atoms with Gasteiger partial charge in [-0.05, 0) is 11.6 Å². The third kappa shape index (κ3) is 1070. The van der Waals surface area contributed by atoms with Gasteiger partial charge in [0.15, 0.2) is 0 Å². The quantitative estimate of drug-likeness (QED) is 0.421. The van der Waals surface area contributed by atoms with E-state index in [1.54, 1.807) is 0 Å². The largest absolute Gasteiger partial charge is 0.475 e. The molecule has 7 heteroatoms. The Hall–Kier alpha value is 0.590. The second-order valence-corrected chi connectivity index (χ2v) is 2.09. The molecule has 0 saturated carbocycles. The fraction of sp³-hybridized carbons (Fsp3) is 1.00. The highest BCUT2D eigenvalue weighted by Gasteiger charge is 2.20. The van der Waals surface area contributed by atoms with Gasteiger partial charge in [0.2, 0.25) is 5.09 Å². The minimum atomic E-state index is -4.53. The van der Waals surface area contributed by atoms with Gasteiger partial charge < -0.3 is 0 Å². The second kappa shape index (κ2) is 5.38. The highest BCUT2D eigenvalue weighted by molar-refractivity contribution is 6.42. The molecule has 0 fully saturated rings. The lowest BCUT2D eigenvalue weighted by Crippen LogP contribution is -1.89. The van der Waals surface area contributed by atoms with E-state index in [1.807, 2.05) is 0 Å². The Kier molecular flexibility index (Phi) is 7.34. The molecule has 0 aromatic heterocycles. The Morgan fingerprint density at radius 2 is 1.11 bits per heavy atom.